The van der Waals surface area contributed by atoms with Crippen molar-refractivity contribution in [1.29, 1.82) is 0 Å². The zero-order chi connectivity index (χ0) is 21.4. The van der Waals surface area contributed by atoms with Gasteiger partial charge in [-0.15, -0.1) is 11.3 Å². The van der Waals surface area contributed by atoms with Gasteiger partial charge in [0, 0.05) is 17.3 Å². The zero-order valence-electron chi connectivity index (χ0n) is 18.4. The van der Waals surface area contributed by atoms with Gasteiger partial charge in [0.1, 0.15) is 5.01 Å². The molecule has 1 aromatic carbocycles. The lowest BCUT2D eigenvalue weighted by Crippen LogP contribution is -2.36. The molecule has 2 rings (SSSR count). The molecule has 0 aliphatic heterocycles. The average molecular weight is 421 g/mol. The molecular weight excluding hydrogens is 388 g/mol. The summed E-state index contributed by atoms with van der Waals surface area (Å²) in [6, 6.07) is 3.82. The lowest BCUT2D eigenvalue weighted by molar-refractivity contribution is 0.324. The van der Waals surface area contributed by atoms with Crippen LogP contribution in [-0.2, 0) is 18.5 Å². The molecule has 1 heterocycles. The molecule has 0 atom stereocenters. The van der Waals surface area contributed by atoms with Gasteiger partial charge in [-0.1, -0.05) is 20.8 Å². The lowest BCUT2D eigenvalue weighted by Gasteiger charge is -2.15. The van der Waals surface area contributed by atoms with E-state index in [1.54, 1.807) is 32.7 Å². The van der Waals surface area contributed by atoms with Crippen LogP contribution in [0.4, 0.5) is 0 Å². The van der Waals surface area contributed by atoms with Crippen molar-refractivity contribution in [2.24, 2.45) is 4.99 Å². The van der Waals surface area contributed by atoms with Crippen molar-refractivity contribution in [2.45, 2.75) is 46.2 Å². The number of hydrogen-bond donors (Lipinski definition) is 2. The molecule has 0 bridgehead atoms. The number of thiazole rings is 1. The van der Waals surface area contributed by atoms with E-state index >= 15 is 0 Å². The Bertz CT molecular complexity index is 803. The highest BCUT2D eigenvalue weighted by Crippen LogP contribution is 2.38. The van der Waals surface area contributed by atoms with Crippen molar-refractivity contribution >= 4 is 17.3 Å². The summed E-state index contributed by atoms with van der Waals surface area (Å²) in [5.74, 6) is 2.54. The van der Waals surface area contributed by atoms with Gasteiger partial charge in [-0.25, -0.2) is 9.98 Å². The first-order chi connectivity index (χ1) is 13.8. The number of nitrogens with zero attached hydrogens (tertiary/aromatic N) is 2. The molecule has 0 radical (unpaired) electrons. The Morgan fingerprint density at radius 2 is 1.72 bits per heavy atom. The third-order valence-corrected chi connectivity index (χ3v) is 5.06. The summed E-state index contributed by atoms with van der Waals surface area (Å²) < 4.78 is 16.2. The van der Waals surface area contributed by atoms with Crippen molar-refractivity contribution in [3.8, 4) is 17.2 Å². The van der Waals surface area contributed by atoms with E-state index in [0.717, 1.165) is 28.8 Å². The fraction of sp³-hybridized carbons (Fsp3) is 0.524. The number of aliphatic imine (C=N–C) groups is 1. The maximum absolute atomic E-state index is 5.42. The molecule has 8 heteroatoms. The minimum atomic E-state index is 0.0554. The van der Waals surface area contributed by atoms with Crippen molar-refractivity contribution in [1.82, 2.24) is 15.6 Å². The summed E-state index contributed by atoms with van der Waals surface area (Å²) in [7, 11) is 4.81. The summed E-state index contributed by atoms with van der Waals surface area (Å²) in [5.41, 5.74) is 2.12. The predicted molar refractivity (Wildman–Crippen MR) is 119 cm³/mol. The van der Waals surface area contributed by atoms with E-state index in [-0.39, 0.29) is 5.41 Å². The molecule has 0 saturated carbocycles. The van der Waals surface area contributed by atoms with E-state index in [1.165, 1.54) is 0 Å². The number of methoxy groups -OCH3 is 3. The summed E-state index contributed by atoms with van der Waals surface area (Å²) in [6.45, 7) is 10.4. The van der Waals surface area contributed by atoms with Crippen LogP contribution in [0.15, 0.2) is 22.5 Å². The van der Waals surface area contributed by atoms with E-state index in [4.69, 9.17) is 19.2 Å². The smallest absolute Gasteiger partial charge is 0.203 e. The first-order valence-corrected chi connectivity index (χ1v) is 10.5. The van der Waals surface area contributed by atoms with Gasteiger partial charge in [0.15, 0.2) is 17.5 Å². The van der Waals surface area contributed by atoms with Crippen LogP contribution >= 0.6 is 11.3 Å². The Morgan fingerprint density at radius 3 is 2.21 bits per heavy atom. The first kappa shape index (κ1) is 22.8. The molecule has 0 aliphatic rings. The van der Waals surface area contributed by atoms with Crippen LogP contribution in [0.2, 0.25) is 0 Å². The number of aromatic nitrogens is 1. The first-order valence-electron chi connectivity index (χ1n) is 9.58. The standard InChI is InChI=1S/C21H32N4O3S/c1-8-22-20(24-12-18-25-17(13-29-18)21(2,3)4)23-11-14-9-15(26-5)19(28-7)16(10-14)27-6/h9-10,13H,8,11-12H2,1-7H3,(H2,22,23,24). The highest BCUT2D eigenvalue weighted by molar-refractivity contribution is 7.09. The zero-order valence-corrected chi connectivity index (χ0v) is 19.2. The van der Waals surface area contributed by atoms with Gasteiger partial charge in [-0.3, -0.25) is 0 Å². The molecule has 0 aliphatic carbocycles. The Balaban J connectivity index is 2.11. The van der Waals surface area contributed by atoms with Gasteiger partial charge in [0.25, 0.3) is 0 Å². The summed E-state index contributed by atoms with van der Waals surface area (Å²) in [4.78, 5) is 9.40. The van der Waals surface area contributed by atoms with Gasteiger partial charge in [-0.05, 0) is 24.6 Å². The highest BCUT2D eigenvalue weighted by atomic mass is 32.1. The van der Waals surface area contributed by atoms with Gasteiger partial charge in [0.05, 0.1) is 40.1 Å². The Labute approximate surface area is 177 Å². The van der Waals surface area contributed by atoms with Gasteiger partial charge < -0.3 is 24.8 Å². The molecular formula is C21H32N4O3S. The Morgan fingerprint density at radius 1 is 1.07 bits per heavy atom. The quantitative estimate of drug-likeness (QED) is 0.501. The molecule has 0 unspecified atom stereocenters. The maximum Gasteiger partial charge on any atom is 0.203 e. The molecule has 1 aromatic heterocycles. The maximum atomic E-state index is 5.42. The van der Waals surface area contributed by atoms with Crippen molar-refractivity contribution in [3.63, 3.8) is 0 Å². The number of nitrogens with one attached hydrogen (secondary N) is 2. The normalized spacial score (nSPS) is 11.9. The Hall–Kier alpha value is -2.48. The number of rotatable bonds is 8. The number of ether oxygens (including phenoxy) is 3. The second kappa shape index (κ2) is 10.3. The van der Waals surface area contributed by atoms with E-state index in [1.807, 2.05) is 19.1 Å². The van der Waals surface area contributed by atoms with Crippen molar-refractivity contribution < 1.29 is 14.2 Å². The van der Waals surface area contributed by atoms with Crippen LogP contribution in [0.1, 0.15) is 44.0 Å². The fourth-order valence-electron chi connectivity index (χ4n) is 2.63. The van der Waals surface area contributed by atoms with Crippen LogP contribution in [-0.4, -0.2) is 38.8 Å². The molecule has 2 aromatic rings. The molecule has 160 valence electrons. The van der Waals surface area contributed by atoms with E-state index < -0.39 is 0 Å². The van der Waals surface area contributed by atoms with Gasteiger partial charge in [-0.2, -0.15) is 0 Å². The molecule has 0 spiro atoms. The van der Waals surface area contributed by atoms with Crippen LogP contribution < -0.4 is 24.8 Å². The van der Waals surface area contributed by atoms with Gasteiger partial charge >= 0.3 is 0 Å². The van der Waals surface area contributed by atoms with Crippen LogP contribution in [0.5, 0.6) is 17.2 Å². The van der Waals surface area contributed by atoms with E-state index in [0.29, 0.717) is 30.3 Å². The minimum absolute atomic E-state index is 0.0554. The molecule has 29 heavy (non-hydrogen) atoms. The molecule has 2 N–H and O–H groups in total. The minimum Gasteiger partial charge on any atom is -0.493 e. The molecule has 7 nitrogen and oxygen atoms in total. The monoisotopic (exact) mass is 420 g/mol. The number of guanidine groups is 1. The number of benzene rings is 1. The SMILES string of the molecule is CCNC(=NCc1cc(OC)c(OC)c(OC)c1)NCc1nc(C(C)(C)C)cs1. The third-order valence-electron chi connectivity index (χ3n) is 4.22. The largest absolute Gasteiger partial charge is 0.493 e. The fourth-order valence-corrected chi connectivity index (χ4v) is 3.60. The second-order valence-corrected chi connectivity index (χ2v) is 8.40. The van der Waals surface area contributed by atoms with E-state index in [2.05, 4.69) is 41.8 Å². The van der Waals surface area contributed by atoms with Crippen molar-refractivity contribution in [3.05, 3.63) is 33.8 Å². The van der Waals surface area contributed by atoms with Crippen LogP contribution in [0.25, 0.3) is 0 Å². The van der Waals surface area contributed by atoms with Crippen LogP contribution in [0, 0.1) is 0 Å². The van der Waals surface area contributed by atoms with E-state index in [9.17, 15) is 0 Å². The Kier molecular flexibility index (Phi) is 8.13. The third kappa shape index (κ3) is 6.25. The average Bonchev–Trinajstić information content (AvgIpc) is 3.18. The molecule has 0 saturated heterocycles. The number of hydrogen-bond acceptors (Lipinski definition) is 6. The highest BCUT2D eigenvalue weighted by Gasteiger charge is 2.17. The second-order valence-electron chi connectivity index (χ2n) is 7.46. The molecule has 0 fully saturated rings. The predicted octanol–water partition coefficient (Wildman–Crippen LogP) is 3.72. The topological polar surface area (TPSA) is 77.0 Å². The lowest BCUT2D eigenvalue weighted by atomic mass is 9.93. The summed E-state index contributed by atoms with van der Waals surface area (Å²) in [6.07, 6.45) is 0. The van der Waals surface area contributed by atoms with Crippen molar-refractivity contribution in [2.75, 3.05) is 27.9 Å². The van der Waals surface area contributed by atoms with Gasteiger partial charge in [0.2, 0.25) is 5.75 Å². The van der Waals surface area contributed by atoms with Crippen LogP contribution in [0.3, 0.4) is 0 Å². The summed E-state index contributed by atoms with van der Waals surface area (Å²) >= 11 is 1.66. The summed E-state index contributed by atoms with van der Waals surface area (Å²) in [5, 5.41) is 9.78. The molecule has 0 amide bonds.